The fourth-order valence-corrected chi connectivity index (χ4v) is 3.65. The van der Waals surface area contributed by atoms with Crippen LogP contribution in [0.15, 0.2) is 22.7 Å². The fourth-order valence-electron chi connectivity index (χ4n) is 2.62. The Kier molecular flexibility index (Phi) is 6.86. The molecule has 136 valence electrons. The minimum absolute atomic E-state index is 0.0412. The topological polar surface area (TPSA) is 73.6 Å². The number of amides is 1. The van der Waals surface area contributed by atoms with Crippen LogP contribution in [0, 0.1) is 5.92 Å². The van der Waals surface area contributed by atoms with E-state index in [1.54, 1.807) is 6.07 Å². The highest BCUT2D eigenvalue weighted by Gasteiger charge is 2.15. The molecule has 1 fully saturated rings. The standard InChI is InChI=1S/C17H21ClN2O4S/c18-16-2-1-15(25-16)11-23-10-14-7-13(20-24-14)8-17(21)19-9-12-3-5-22-6-4-12/h1-2,7,12H,3-6,8-11H2,(H,19,21). The first-order valence-electron chi connectivity index (χ1n) is 8.30. The molecule has 0 unspecified atom stereocenters. The molecule has 2 aromatic heterocycles. The van der Waals surface area contributed by atoms with E-state index in [-0.39, 0.29) is 12.3 Å². The second-order valence-electron chi connectivity index (χ2n) is 6.02. The van der Waals surface area contributed by atoms with Crippen molar-refractivity contribution in [1.82, 2.24) is 10.5 Å². The van der Waals surface area contributed by atoms with Gasteiger partial charge in [0.05, 0.1) is 23.1 Å². The summed E-state index contributed by atoms with van der Waals surface area (Å²) in [5.41, 5.74) is 0.613. The Hall–Kier alpha value is -1.41. The van der Waals surface area contributed by atoms with Gasteiger partial charge in [-0.3, -0.25) is 4.79 Å². The van der Waals surface area contributed by atoms with Crippen molar-refractivity contribution in [3.8, 4) is 0 Å². The summed E-state index contributed by atoms with van der Waals surface area (Å²) in [4.78, 5) is 13.1. The van der Waals surface area contributed by atoms with Crippen LogP contribution in [0.2, 0.25) is 4.34 Å². The molecule has 0 spiro atoms. The Morgan fingerprint density at radius 3 is 2.96 bits per heavy atom. The number of halogens is 1. The van der Waals surface area contributed by atoms with Crippen LogP contribution in [0.1, 0.15) is 29.2 Å². The van der Waals surface area contributed by atoms with E-state index in [1.807, 2.05) is 12.1 Å². The molecule has 8 heteroatoms. The van der Waals surface area contributed by atoms with E-state index in [2.05, 4.69) is 10.5 Å². The molecule has 1 aliphatic heterocycles. The molecule has 2 aromatic rings. The number of aromatic nitrogens is 1. The number of hydrogen-bond acceptors (Lipinski definition) is 6. The van der Waals surface area contributed by atoms with E-state index in [1.165, 1.54) is 11.3 Å². The number of thiophene rings is 1. The monoisotopic (exact) mass is 384 g/mol. The number of hydrogen-bond donors (Lipinski definition) is 1. The van der Waals surface area contributed by atoms with Crippen molar-refractivity contribution in [2.24, 2.45) is 5.92 Å². The predicted octanol–water partition coefficient (Wildman–Crippen LogP) is 3.19. The van der Waals surface area contributed by atoms with Crippen LogP contribution in [-0.2, 0) is 33.9 Å². The number of carbonyl (C=O) groups is 1. The SMILES string of the molecule is O=C(Cc1cc(COCc2ccc(Cl)s2)on1)NCC1CCOCC1. The predicted molar refractivity (Wildman–Crippen MR) is 94.6 cm³/mol. The number of rotatable bonds is 8. The van der Waals surface area contributed by atoms with E-state index < -0.39 is 0 Å². The van der Waals surface area contributed by atoms with Gasteiger partial charge in [-0.25, -0.2) is 0 Å². The maximum atomic E-state index is 12.0. The second kappa shape index (κ2) is 9.33. The molecule has 0 radical (unpaired) electrons. The third-order valence-corrected chi connectivity index (χ3v) is 5.20. The summed E-state index contributed by atoms with van der Waals surface area (Å²) in [6, 6.07) is 5.54. The molecule has 25 heavy (non-hydrogen) atoms. The van der Waals surface area contributed by atoms with Crippen LogP contribution in [0.25, 0.3) is 0 Å². The fraction of sp³-hybridized carbons (Fsp3) is 0.529. The minimum atomic E-state index is -0.0412. The summed E-state index contributed by atoms with van der Waals surface area (Å²) < 4.78 is 16.8. The number of carbonyl (C=O) groups excluding carboxylic acids is 1. The van der Waals surface area contributed by atoms with Crippen LogP contribution >= 0.6 is 22.9 Å². The average molecular weight is 385 g/mol. The third kappa shape index (κ3) is 6.11. The van der Waals surface area contributed by atoms with Crippen molar-refractivity contribution in [2.45, 2.75) is 32.5 Å². The molecule has 0 bridgehead atoms. The van der Waals surface area contributed by atoms with E-state index in [9.17, 15) is 4.79 Å². The quantitative estimate of drug-likeness (QED) is 0.756. The van der Waals surface area contributed by atoms with Gasteiger partial charge >= 0.3 is 0 Å². The van der Waals surface area contributed by atoms with Gasteiger partial charge in [0, 0.05) is 30.7 Å². The summed E-state index contributed by atoms with van der Waals surface area (Å²) in [6.07, 6.45) is 2.22. The van der Waals surface area contributed by atoms with Gasteiger partial charge in [0.2, 0.25) is 5.91 Å². The van der Waals surface area contributed by atoms with Crippen LogP contribution < -0.4 is 5.32 Å². The first-order valence-corrected chi connectivity index (χ1v) is 9.49. The summed E-state index contributed by atoms with van der Waals surface area (Å²) in [5, 5.41) is 6.88. The Labute approximate surface area is 155 Å². The first-order chi connectivity index (χ1) is 12.2. The minimum Gasteiger partial charge on any atom is -0.381 e. The van der Waals surface area contributed by atoms with Crippen molar-refractivity contribution in [2.75, 3.05) is 19.8 Å². The van der Waals surface area contributed by atoms with Crippen molar-refractivity contribution >= 4 is 28.8 Å². The summed E-state index contributed by atoms with van der Waals surface area (Å²) in [7, 11) is 0. The van der Waals surface area contributed by atoms with Gasteiger partial charge in [-0.15, -0.1) is 11.3 Å². The molecule has 0 saturated carbocycles. The lowest BCUT2D eigenvalue weighted by Crippen LogP contribution is -2.33. The lowest BCUT2D eigenvalue weighted by Gasteiger charge is -2.21. The lowest BCUT2D eigenvalue weighted by atomic mass is 10.0. The molecule has 1 amide bonds. The van der Waals surface area contributed by atoms with E-state index in [0.717, 1.165) is 35.3 Å². The number of nitrogens with one attached hydrogen (secondary N) is 1. The zero-order valence-corrected chi connectivity index (χ0v) is 15.4. The maximum Gasteiger partial charge on any atom is 0.226 e. The molecular weight excluding hydrogens is 364 g/mol. The Bertz CT molecular complexity index is 682. The molecule has 3 rings (SSSR count). The largest absolute Gasteiger partial charge is 0.381 e. The zero-order chi connectivity index (χ0) is 17.5. The van der Waals surface area contributed by atoms with Gasteiger partial charge in [-0.1, -0.05) is 16.8 Å². The van der Waals surface area contributed by atoms with Gasteiger partial charge in [-0.05, 0) is 30.9 Å². The third-order valence-electron chi connectivity index (χ3n) is 4.00. The summed E-state index contributed by atoms with van der Waals surface area (Å²) in [5.74, 6) is 1.07. The van der Waals surface area contributed by atoms with E-state index in [0.29, 0.717) is 37.1 Å². The van der Waals surface area contributed by atoms with Gasteiger partial charge in [-0.2, -0.15) is 0 Å². The molecule has 6 nitrogen and oxygen atoms in total. The highest BCUT2D eigenvalue weighted by Crippen LogP contribution is 2.22. The second-order valence-corrected chi connectivity index (χ2v) is 7.82. The maximum absolute atomic E-state index is 12.0. The van der Waals surface area contributed by atoms with Crippen LogP contribution in [0.4, 0.5) is 0 Å². The van der Waals surface area contributed by atoms with Gasteiger partial charge < -0.3 is 19.3 Å². The van der Waals surface area contributed by atoms with E-state index in [4.69, 9.17) is 25.6 Å². The van der Waals surface area contributed by atoms with Crippen molar-refractivity contribution in [3.63, 3.8) is 0 Å². The van der Waals surface area contributed by atoms with Crippen molar-refractivity contribution < 1.29 is 18.8 Å². The van der Waals surface area contributed by atoms with Gasteiger partial charge in [0.15, 0.2) is 5.76 Å². The molecule has 1 N–H and O–H groups in total. The molecule has 3 heterocycles. The average Bonchev–Trinajstić information content (AvgIpc) is 3.23. The molecule has 1 aliphatic rings. The number of ether oxygens (including phenoxy) is 2. The molecule has 0 aliphatic carbocycles. The van der Waals surface area contributed by atoms with Crippen molar-refractivity contribution in [1.29, 1.82) is 0 Å². The Balaban J connectivity index is 1.36. The molecule has 0 atom stereocenters. The number of nitrogens with zero attached hydrogens (tertiary/aromatic N) is 1. The smallest absolute Gasteiger partial charge is 0.226 e. The van der Waals surface area contributed by atoms with E-state index >= 15 is 0 Å². The highest BCUT2D eigenvalue weighted by molar-refractivity contribution is 7.16. The highest BCUT2D eigenvalue weighted by atomic mass is 35.5. The summed E-state index contributed by atoms with van der Waals surface area (Å²) >= 11 is 7.36. The van der Waals surface area contributed by atoms with Crippen LogP contribution in [0.3, 0.4) is 0 Å². The molecule has 0 aromatic carbocycles. The zero-order valence-electron chi connectivity index (χ0n) is 13.8. The van der Waals surface area contributed by atoms with Crippen molar-refractivity contribution in [3.05, 3.63) is 38.9 Å². The normalized spacial score (nSPS) is 15.4. The van der Waals surface area contributed by atoms with Gasteiger partial charge in [0.1, 0.15) is 6.61 Å². The molecule has 1 saturated heterocycles. The lowest BCUT2D eigenvalue weighted by molar-refractivity contribution is -0.120. The van der Waals surface area contributed by atoms with Crippen LogP contribution in [0.5, 0.6) is 0 Å². The Morgan fingerprint density at radius 1 is 1.36 bits per heavy atom. The van der Waals surface area contributed by atoms with Gasteiger partial charge in [0.25, 0.3) is 0 Å². The molecular formula is C17H21ClN2O4S. The van der Waals surface area contributed by atoms with Crippen LogP contribution in [-0.4, -0.2) is 30.8 Å². The Morgan fingerprint density at radius 2 is 2.20 bits per heavy atom. The summed E-state index contributed by atoms with van der Waals surface area (Å²) in [6.45, 7) is 3.04. The first kappa shape index (κ1) is 18.4.